The summed E-state index contributed by atoms with van der Waals surface area (Å²) in [6.07, 6.45) is 4.15. The number of allylic oxidation sites excluding steroid dienone is 1. The van der Waals surface area contributed by atoms with Crippen molar-refractivity contribution in [1.29, 1.82) is 0 Å². The quantitative estimate of drug-likeness (QED) is 0.752. The molecule has 0 aromatic heterocycles. The molecule has 1 heterocycles. The lowest BCUT2D eigenvalue weighted by Crippen LogP contribution is -2.45. The second kappa shape index (κ2) is 5.37. The van der Waals surface area contributed by atoms with Crippen LogP contribution >= 0.6 is 0 Å². The monoisotopic (exact) mass is 298 g/mol. The first-order chi connectivity index (χ1) is 9.15. The van der Waals surface area contributed by atoms with Crippen molar-refractivity contribution in [3.05, 3.63) is 12.2 Å². The fourth-order valence-corrected chi connectivity index (χ4v) is 3.30. The van der Waals surface area contributed by atoms with E-state index in [1.54, 1.807) is 6.08 Å². The van der Waals surface area contributed by atoms with E-state index in [2.05, 4.69) is 33.9 Å². The molecule has 1 spiro atoms. The smallest absolute Gasteiger partial charge is 0.192 e. The van der Waals surface area contributed by atoms with Gasteiger partial charge in [0.1, 0.15) is 12.4 Å². The van der Waals surface area contributed by atoms with Gasteiger partial charge >= 0.3 is 0 Å². The summed E-state index contributed by atoms with van der Waals surface area (Å²) < 4.78 is 17.2. The molecule has 0 aromatic rings. The summed E-state index contributed by atoms with van der Waals surface area (Å²) in [6, 6.07) is 0. The van der Waals surface area contributed by atoms with Crippen LogP contribution in [0.5, 0.6) is 0 Å². The zero-order valence-electron chi connectivity index (χ0n) is 13.2. The molecule has 1 fully saturated rings. The molecule has 1 saturated heterocycles. The largest absolute Gasteiger partial charge is 0.416 e. The second-order valence-electron chi connectivity index (χ2n) is 7.38. The lowest BCUT2D eigenvalue weighted by Gasteiger charge is -2.38. The van der Waals surface area contributed by atoms with Crippen molar-refractivity contribution in [2.24, 2.45) is 5.92 Å². The maximum atomic E-state index is 12.1. The lowest BCUT2D eigenvalue weighted by molar-refractivity contribution is -0.122. The minimum absolute atomic E-state index is 0.115. The Kier molecular flexibility index (Phi) is 4.26. The molecule has 0 N–H and O–H groups in total. The van der Waals surface area contributed by atoms with Gasteiger partial charge in [-0.15, -0.1) is 0 Å². The molecule has 0 saturated carbocycles. The van der Waals surface area contributed by atoms with Crippen molar-refractivity contribution in [2.45, 2.75) is 50.9 Å². The summed E-state index contributed by atoms with van der Waals surface area (Å²) in [5.41, 5.74) is -0.407. The summed E-state index contributed by atoms with van der Waals surface area (Å²) >= 11 is 0. The minimum Gasteiger partial charge on any atom is -0.416 e. The van der Waals surface area contributed by atoms with Gasteiger partial charge in [0.15, 0.2) is 14.1 Å². The number of rotatable bonds is 3. The van der Waals surface area contributed by atoms with Crippen molar-refractivity contribution in [3.8, 4) is 0 Å². The fourth-order valence-electron chi connectivity index (χ4n) is 2.25. The van der Waals surface area contributed by atoms with Crippen LogP contribution in [0.15, 0.2) is 12.2 Å². The molecule has 20 heavy (non-hydrogen) atoms. The van der Waals surface area contributed by atoms with Crippen molar-refractivity contribution < 1.29 is 18.7 Å². The fraction of sp³-hybridized carbons (Fsp3) is 0.800. The van der Waals surface area contributed by atoms with Gasteiger partial charge < -0.3 is 13.9 Å². The molecular weight excluding hydrogens is 272 g/mol. The number of ketones is 1. The Labute approximate surface area is 122 Å². The molecule has 2 aliphatic rings. The van der Waals surface area contributed by atoms with E-state index in [0.29, 0.717) is 26.4 Å². The molecule has 0 aromatic carbocycles. The van der Waals surface area contributed by atoms with E-state index in [1.165, 1.54) is 0 Å². The Bertz CT molecular complexity index is 403. The van der Waals surface area contributed by atoms with Crippen LogP contribution in [0.1, 0.15) is 27.2 Å². The summed E-state index contributed by atoms with van der Waals surface area (Å²) in [4.78, 5) is 12.1. The Hall–Kier alpha value is -0.493. The highest BCUT2D eigenvalue weighted by atomic mass is 28.4. The standard InChI is InChI=1S/C15H26O4Si/c1-14(2,3)20(4,5)19-9-12-8-15(7-6-13(12)16)10-17-11-18-15/h6-7,12H,8-11H2,1-5H3. The topological polar surface area (TPSA) is 44.8 Å². The minimum atomic E-state index is -1.82. The van der Waals surface area contributed by atoms with Gasteiger partial charge in [-0.25, -0.2) is 0 Å². The zero-order valence-corrected chi connectivity index (χ0v) is 14.2. The highest BCUT2D eigenvalue weighted by Crippen LogP contribution is 2.38. The van der Waals surface area contributed by atoms with E-state index in [1.807, 2.05) is 6.08 Å². The van der Waals surface area contributed by atoms with Gasteiger partial charge in [0.25, 0.3) is 0 Å². The second-order valence-corrected chi connectivity index (χ2v) is 12.2. The van der Waals surface area contributed by atoms with E-state index in [0.717, 1.165) is 0 Å². The maximum absolute atomic E-state index is 12.1. The first-order valence-electron chi connectivity index (χ1n) is 7.24. The Morgan fingerprint density at radius 3 is 2.70 bits per heavy atom. The molecule has 114 valence electrons. The third-order valence-corrected chi connectivity index (χ3v) is 9.27. The van der Waals surface area contributed by atoms with Crippen molar-refractivity contribution >= 4 is 14.1 Å². The van der Waals surface area contributed by atoms with Crippen LogP contribution in [0.4, 0.5) is 0 Å². The van der Waals surface area contributed by atoms with Gasteiger partial charge in [-0.1, -0.05) is 20.8 Å². The molecule has 1 aliphatic carbocycles. The van der Waals surface area contributed by atoms with Crippen LogP contribution in [0.25, 0.3) is 0 Å². The van der Waals surface area contributed by atoms with Gasteiger partial charge in [-0.05, 0) is 36.7 Å². The molecule has 5 heteroatoms. The van der Waals surface area contributed by atoms with Crippen molar-refractivity contribution in [2.75, 3.05) is 20.0 Å². The van der Waals surface area contributed by atoms with Crippen LogP contribution in [0, 0.1) is 5.92 Å². The normalized spacial score (nSPS) is 31.2. The van der Waals surface area contributed by atoms with Crippen LogP contribution in [-0.2, 0) is 18.7 Å². The third kappa shape index (κ3) is 3.22. The van der Waals surface area contributed by atoms with Gasteiger partial charge in [-0.3, -0.25) is 4.79 Å². The Morgan fingerprint density at radius 2 is 2.15 bits per heavy atom. The van der Waals surface area contributed by atoms with Gasteiger partial charge in [0.05, 0.1) is 6.61 Å². The number of carbonyl (C=O) groups excluding carboxylic acids is 1. The number of hydrogen-bond donors (Lipinski definition) is 0. The first-order valence-corrected chi connectivity index (χ1v) is 10.1. The summed E-state index contributed by atoms with van der Waals surface area (Å²) in [5, 5.41) is 0.158. The molecule has 0 bridgehead atoms. The number of hydrogen-bond acceptors (Lipinski definition) is 4. The van der Waals surface area contributed by atoms with E-state index >= 15 is 0 Å². The van der Waals surface area contributed by atoms with E-state index in [9.17, 15) is 4.79 Å². The molecule has 2 atom stereocenters. The zero-order chi connectivity index (χ0) is 15.0. The highest BCUT2D eigenvalue weighted by molar-refractivity contribution is 6.74. The predicted molar refractivity (Wildman–Crippen MR) is 80.0 cm³/mol. The molecule has 2 unspecified atom stereocenters. The molecule has 4 nitrogen and oxygen atoms in total. The first kappa shape index (κ1) is 15.9. The summed E-state index contributed by atoms with van der Waals surface area (Å²) in [6.45, 7) is 12.4. The third-order valence-electron chi connectivity index (χ3n) is 4.77. The van der Waals surface area contributed by atoms with E-state index in [-0.39, 0.29) is 16.7 Å². The van der Waals surface area contributed by atoms with Crippen LogP contribution < -0.4 is 0 Å². The lowest BCUT2D eigenvalue weighted by atomic mass is 9.83. The van der Waals surface area contributed by atoms with Crippen LogP contribution in [-0.4, -0.2) is 39.7 Å². The van der Waals surface area contributed by atoms with Gasteiger partial charge in [-0.2, -0.15) is 0 Å². The average Bonchev–Trinajstić information content (AvgIpc) is 2.78. The Balaban J connectivity index is 1.99. The Morgan fingerprint density at radius 1 is 1.45 bits per heavy atom. The maximum Gasteiger partial charge on any atom is 0.192 e. The SMILES string of the molecule is CC(C)(C)[Si](C)(C)OCC1CC2(C=CC1=O)COCO2. The number of ether oxygens (including phenoxy) is 2. The number of carbonyl (C=O) groups is 1. The van der Waals surface area contributed by atoms with Gasteiger partial charge in [0, 0.05) is 12.5 Å². The molecular formula is C15H26O4Si. The molecule has 0 radical (unpaired) electrons. The predicted octanol–water partition coefficient (Wildman–Crippen LogP) is 2.90. The highest BCUT2D eigenvalue weighted by Gasteiger charge is 2.43. The molecule has 2 rings (SSSR count). The summed E-state index contributed by atoms with van der Waals surface area (Å²) in [7, 11) is -1.82. The van der Waals surface area contributed by atoms with Crippen LogP contribution in [0.2, 0.25) is 18.1 Å². The van der Waals surface area contributed by atoms with Crippen LogP contribution in [0.3, 0.4) is 0 Å². The summed E-state index contributed by atoms with van der Waals surface area (Å²) in [5.74, 6) is 0.0284. The van der Waals surface area contributed by atoms with E-state index < -0.39 is 13.9 Å². The van der Waals surface area contributed by atoms with E-state index in [4.69, 9.17) is 13.9 Å². The molecule has 1 aliphatic heterocycles. The molecule has 0 amide bonds. The average molecular weight is 298 g/mol. The van der Waals surface area contributed by atoms with Gasteiger partial charge in [0.2, 0.25) is 0 Å². The van der Waals surface area contributed by atoms with Crippen molar-refractivity contribution in [1.82, 2.24) is 0 Å². The van der Waals surface area contributed by atoms with Crippen molar-refractivity contribution in [3.63, 3.8) is 0 Å².